The van der Waals surface area contributed by atoms with Crippen molar-refractivity contribution in [1.82, 2.24) is 9.80 Å². The molecule has 2 aromatic rings. The van der Waals surface area contributed by atoms with Gasteiger partial charge >= 0.3 is 0 Å². The van der Waals surface area contributed by atoms with Gasteiger partial charge in [0.15, 0.2) is 0 Å². The normalized spacial score (nSPS) is 19.6. The minimum Gasteiger partial charge on any atom is -0.375 e. The van der Waals surface area contributed by atoms with Crippen LogP contribution in [0.25, 0.3) is 0 Å². The van der Waals surface area contributed by atoms with E-state index in [4.69, 9.17) is 4.74 Å². The lowest BCUT2D eigenvalue weighted by atomic mass is 9.88. The smallest absolute Gasteiger partial charge is 0.248 e. The second kappa shape index (κ2) is 10.0. The summed E-state index contributed by atoms with van der Waals surface area (Å²) in [6, 6.07) is 19.7. The van der Waals surface area contributed by atoms with Gasteiger partial charge in [0.2, 0.25) is 5.91 Å². The fraction of sp³-hybridized carbons (Fsp3) is 0.480. The molecule has 156 valence electrons. The number of methoxy groups -OCH3 is 1. The zero-order chi connectivity index (χ0) is 20.8. The summed E-state index contributed by atoms with van der Waals surface area (Å²) in [7, 11) is 1.59. The number of carbonyl (C=O) groups is 1. The SMILES string of the molecule is COCC(=O)N(CC1CN(Cc2cccc(C)c2)CC1c1ccccc1)C(C)C. The van der Waals surface area contributed by atoms with Crippen LogP contribution < -0.4 is 0 Å². The number of benzene rings is 2. The van der Waals surface area contributed by atoms with Gasteiger partial charge in [-0.05, 0) is 37.8 Å². The zero-order valence-corrected chi connectivity index (χ0v) is 18.2. The Balaban J connectivity index is 1.79. The van der Waals surface area contributed by atoms with Crippen LogP contribution in [0.1, 0.15) is 36.5 Å². The van der Waals surface area contributed by atoms with Crippen LogP contribution in [-0.2, 0) is 16.1 Å². The van der Waals surface area contributed by atoms with Gasteiger partial charge in [-0.3, -0.25) is 9.69 Å². The van der Waals surface area contributed by atoms with E-state index in [1.54, 1.807) is 7.11 Å². The van der Waals surface area contributed by atoms with Crippen molar-refractivity contribution in [3.63, 3.8) is 0 Å². The third-order valence-electron chi connectivity index (χ3n) is 5.88. The Hall–Kier alpha value is -2.17. The minimum absolute atomic E-state index is 0.0754. The molecule has 0 bridgehead atoms. The van der Waals surface area contributed by atoms with Crippen molar-refractivity contribution in [2.45, 2.75) is 39.3 Å². The highest BCUT2D eigenvalue weighted by Crippen LogP contribution is 2.34. The Bertz CT molecular complexity index is 790. The monoisotopic (exact) mass is 394 g/mol. The molecule has 2 unspecified atom stereocenters. The average molecular weight is 395 g/mol. The van der Waals surface area contributed by atoms with E-state index in [1.165, 1.54) is 16.7 Å². The van der Waals surface area contributed by atoms with Gasteiger partial charge in [-0.15, -0.1) is 0 Å². The van der Waals surface area contributed by atoms with Gasteiger partial charge in [-0.2, -0.15) is 0 Å². The molecule has 3 rings (SSSR count). The first-order valence-corrected chi connectivity index (χ1v) is 10.6. The molecular weight excluding hydrogens is 360 g/mol. The molecule has 4 heteroatoms. The maximum absolute atomic E-state index is 12.6. The van der Waals surface area contributed by atoms with E-state index in [9.17, 15) is 4.79 Å². The molecule has 1 amide bonds. The van der Waals surface area contributed by atoms with Crippen LogP contribution in [-0.4, -0.2) is 55.1 Å². The van der Waals surface area contributed by atoms with Crippen molar-refractivity contribution in [3.05, 3.63) is 71.3 Å². The molecular formula is C25H34N2O2. The molecule has 29 heavy (non-hydrogen) atoms. The van der Waals surface area contributed by atoms with Crippen molar-refractivity contribution in [2.75, 3.05) is 33.4 Å². The lowest BCUT2D eigenvalue weighted by Crippen LogP contribution is -2.43. The quantitative estimate of drug-likeness (QED) is 0.676. The van der Waals surface area contributed by atoms with Crippen molar-refractivity contribution in [2.24, 2.45) is 5.92 Å². The molecule has 0 saturated carbocycles. The Kier molecular flexibility index (Phi) is 7.45. The van der Waals surface area contributed by atoms with Gasteiger partial charge < -0.3 is 9.64 Å². The van der Waals surface area contributed by atoms with Crippen LogP contribution in [0.3, 0.4) is 0 Å². The number of hydrogen-bond donors (Lipinski definition) is 0. The molecule has 1 aliphatic heterocycles. The van der Waals surface area contributed by atoms with Crippen LogP contribution >= 0.6 is 0 Å². The van der Waals surface area contributed by atoms with Gasteiger partial charge in [-0.25, -0.2) is 0 Å². The Labute approximate surface area is 175 Å². The average Bonchev–Trinajstić information content (AvgIpc) is 3.09. The standard InChI is InChI=1S/C25H34N2O2/c1-19(2)27(25(28)18-29-4)16-23-15-26(14-21-10-8-9-20(3)13-21)17-24(23)22-11-6-5-7-12-22/h5-13,19,23-24H,14-18H2,1-4H3. The van der Waals surface area contributed by atoms with Crippen molar-refractivity contribution in [3.8, 4) is 0 Å². The lowest BCUT2D eigenvalue weighted by Gasteiger charge is -2.31. The summed E-state index contributed by atoms with van der Waals surface area (Å²) in [5.41, 5.74) is 4.02. The number of amides is 1. The van der Waals surface area contributed by atoms with Crippen molar-refractivity contribution in [1.29, 1.82) is 0 Å². The third kappa shape index (κ3) is 5.68. The number of hydrogen-bond acceptors (Lipinski definition) is 3. The summed E-state index contributed by atoms with van der Waals surface area (Å²) in [5.74, 6) is 0.912. The summed E-state index contributed by atoms with van der Waals surface area (Å²) in [4.78, 5) is 17.1. The van der Waals surface area contributed by atoms with Crippen LogP contribution in [0.5, 0.6) is 0 Å². The summed E-state index contributed by atoms with van der Waals surface area (Å²) in [5, 5.41) is 0. The zero-order valence-electron chi connectivity index (χ0n) is 18.2. The molecule has 2 atom stereocenters. The van der Waals surface area contributed by atoms with Crippen LogP contribution in [0.4, 0.5) is 0 Å². The first kappa shape index (κ1) is 21.5. The van der Waals surface area contributed by atoms with Gasteiger partial charge in [-0.1, -0.05) is 60.2 Å². The Morgan fingerprint density at radius 1 is 1.14 bits per heavy atom. The fourth-order valence-electron chi connectivity index (χ4n) is 4.48. The minimum atomic E-state index is 0.0754. The van der Waals surface area contributed by atoms with Crippen molar-refractivity contribution >= 4 is 5.91 Å². The third-order valence-corrected chi connectivity index (χ3v) is 5.88. The Morgan fingerprint density at radius 2 is 1.90 bits per heavy atom. The molecule has 0 aromatic heterocycles. The van der Waals surface area contributed by atoms with Crippen LogP contribution in [0, 0.1) is 12.8 Å². The molecule has 1 aliphatic rings. The lowest BCUT2D eigenvalue weighted by molar-refractivity contribution is -0.137. The van der Waals surface area contributed by atoms with E-state index in [-0.39, 0.29) is 18.6 Å². The molecule has 1 fully saturated rings. The summed E-state index contributed by atoms with van der Waals surface area (Å²) in [6.45, 7) is 10.2. The molecule has 0 aliphatic carbocycles. The number of ether oxygens (including phenoxy) is 1. The number of aryl methyl sites for hydroxylation is 1. The van der Waals surface area contributed by atoms with E-state index >= 15 is 0 Å². The highest BCUT2D eigenvalue weighted by molar-refractivity contribution is 5.77. The molecule has 0 spiro atoms. The highest BCUT2D eigenvalue weighted by Gasteiger charge is 2.36. The van der Waals surface area contributed by atoms with Gasteiger partial charge in [0, 0.05) is 45.2 Å². The number of nitrogens with zero attached hydrogens (tertiary/aromatic N) is 2. The predicted octanol–water partition coefficient (Wildman–Crippen LogP) is 4.09. The first-order valence-electron chi connectivity index (χ1n) is 10.6. The number of carbonyl (C=O) groups excluding carboxylic acids is 1. The largest absolute Gasteiger partial charge is 0.375 e. The van der Waals surface area contributed by atoms with E-state index in [0.717, 1.165) is 26.2 Å². The van der Waals surface area contributed by atoms with Gasteiger partial charge in [0.25, 0.3) is 0 Å². The summed E-state index contributed by atoms with van der Waals surface area (Å²) < 4.78 is 5.12. The molecule has 1 saturated heterocycles. The van der Waals surface area contributed by atoms with Crippen LogP contribution in [0.15, 0.2) is 54.6 Å². The molecule has 0 N–H and O–H groups in total. The number of likely N-dealkylation sites (tertiary alicyclic amines) is 1. The maximum atomic E-state index is 12.6. The van der Waals surface area contributed by atoms with Crippen LogP contribution in [0.2, 0.25) is 0 Å². The van der Waals surface area contributed by atoms with E-state index in [0.29, 0.717) is 11.8 Å². The summed E-state index contributed by atoms with van der Waals surface area (Å²) in [6.07, 6.45) is 0. The molecule has 4 nitrogen and oxygen atoms in total. The molecule has 1 heterocycles. The van der Waals surface area contributed by atoms with Crippen molar-refractivity contribution < 1.29 is 9.53 Å². The second-order valence-corrected chi connectivity index (χ2v) is 8.53. The number of rotatable bonds is 8. The van der Waals surface area contributed by atoms with E-state index < -0.39 is 0 Å². The van der Waals surface area contributed by atoms with E-state index in [2.05, 4.69) is 80.3 Å². The summed E-state index contributed by atoms with van der Waals surface area (Å²) >= 11 is 0. The molecule has 2 aromatic carbocycles. The first-order chi connectivity index (χ1) is 14.0. The fourth-order valence-corrected chi connectivity index (χ4v) is 4.48. The maximum Gasteiger partial charge on any atom is 0.248 e. The highest BCUT2D eigenvalue weighted by atomic mass is 16.5. The molecule has 0 radical (unpaired) electrons. The Morgan fingerprint density at radius 3 is 2.55 bits per heavy atom. The predicted molar refractivity (Wildman–Crippen MR) is 118 cm³/mol. The van der Waals surface area contributed by atoms with E-state index in [1.807, 2.05) is 4.90 Å². The van der Waals surface area contributed by atoms with Gasteiger partial charge in [0.1, 0.15) is 6.61 Å². The van der Waals surface area contributed by atoms with Gasteiger partial charge in [0.05, 0.1) is 0 Å². The topological polar surface area (TPSA) is 32.8 Å². The second-order valence-electron chi connectivity index (χ2n) is 8.53.